The summed E-state index contributed by atoms with van der Waals surface area (Å²) in [5, 5.41) is 16.2. The van der Waals surface area contributed by atoms with E-state index in [9.17, 15) is 27.9 Å². The summed E-state index contributed by atoms with van der Waals surface area (Å²) in [4.78, 5) is 41.1. The largest absolute Gasteiger partial charge is 0.480 e. The number of piperazine rings is 1. The molecule has 2 aromatic carbocycles. The molecule has 2 aliphatic rings. The maximum atomic E-state index is 13.7. The van der Waals surface area contributed by atoms with E-state index in [2.05, 4.69) is 10.6 Å². The maximum Gasteiger partial charge on any atom is 0.410 e. The lowest BCUT2D eigenvalue weighted by Crippen LogP contribution is -2.59. The van der Waals surface area contributed by atoms with E-state index in [-0.39, 0.29) is 30.3 Å². The summed E-state index contributed by atoms with van der Waals surface area (Å²) in [6.45, 7) is 7.87. The number of benzene rings is 2. The highest BCUT2D eigenvalue weighted by molar-refractivity contribution is 7.93. The van der Waals surface area contributed by atoms with Gasteiger partial charge in [0.25, 0.3) is 5.91 Å². The molecule has 2 atom stereocenters. The molecule has 2 fully saturated rings. The number of hydrogen-bond acceptors (Lipinski definition) is 8. The minimum Gasteiger partial charge on any atom is -0.480 e. The Hall–Kier alpha value is -3.48. The van der Waals surface area contributed by atoms with Gasteiger partial charge in [-0.3, -0.25) is 9.59 Å². The molecule has 0 aromatic heterocycles. The Morgan fingerprint density at radius 3 is 2.19 bits per heavy atom. The summed E-state index contributed by atoms with van der Waals surface area (Å²) in [6, 6.07) is 14.0. The summed E-state index contributed by atoms with van der Waals surface area (Å²) in [5.74, 6) is -1.25. The minimum absolute atomic E-state index is 0.0139. The van der Waals surface area contributed by atoms with E-state index in [1.165, 1.54) is 0 Å². The van der Waals surface area contributed by atoms with E-state index < -0.39 is 38.3 Å². The van der Waals surface area contributed by atoms with Crippen LogP contribution in [-0.4, -0.2) is 103 Å². The van der Waals surface area contributed by atoms with Gasteiger partial charge in [0.1, 0.15) is 16.4 Å². The van der Waals surface area contributed by atoms with Gasteiger partial charge in [0, 0.05) is 44.8 Å². The Bertz CT molecular complexity index is 1380. The number of carbonyl (C=O) groups is 3. The summed E-state index contributed by atoms with van der Waals surface area (Å²) in [5.41, 5.74) is 0.582. The monoisotopic (exact) mass is 614 g/mol. The molecule has 43 heavy (non-hydrogen) atoms. The number of carboxylic acids is 1. The minimum atomic E-state index is -3.75. The van der Waals surface area contributed by atoms with Crippen LogP contribution in [0.25, 0.3) is 0 Å². The fourth-order valence-corrected chi connectivity index (χ4v) is 7.44. The second kappa shape index (κ2) is 13.4. The fourth-order valence-electron chi connectivity index (χ4n) is 5.44. The third-order valence-corrected chi connectivity index (χ3v) is 10.4. The molecule has 2 amide bonds. The van der Waals surface area contributed by atoms with E-state index in [1.54, 1.807) is 64.4 Å². The van der Waals surface area contributed by atoms with Crippen molar-refractivity contribution in [1.29, 1.82) is 0 Å². The van der Waals surface area contributed by atoms with Crippen LogP contribution < -0.4 is 10.6 Å². The van der Waals surface area contributed by atoms with Gasteiger partial charge in [0.2, 0.25) is 0 Å². The van der Waals surface area contributed by atoms with Crippen LogP contribution in [0.5, 0.6) is 0 Å². The highest BCUT2D eigenvalue weighted by atomic mass is 32.2. The number of amides is 2. The summed E-state index contributed by atoms with van der Waals surface area (Å²) in [7, 11) is -3.75. The predicted molar refractivity (Wildman–Crippen MR) is 162 cm³/mol. The Labute approximate surface area is 253 Å². The van der Waals surface area contributed by atoms with E-state index in [0.29, 0.717) is 56.7 Å². The van der Waals surface area contributed by atoms with Gasteiger partial charge >= 0.3 is 12.1 Å². The van der Waals surface area contributed by atoms with Crippen molar-refractivity contribution in [1.82, 2.24) is 20.4 Å². The second-order valence-corrected chi connectivity index (χ2v) is 14.6. The molecule has 1 unspecified atom stereocenters. The summed E-state index contributed by atoms with van der Waals surface area (Å²) in [6.07, 6.45) is 0.804. The number of nitrogens with zero attached hydrogens (tertiary/aromatic N) is 2. The first-order valence-corrected chi connectivity index (χ1v) is 16.1. The zero-order valence-corrected chi connectivity index (χ0v) is 25.9. The number of hydrogen-bond donors (Lipinski definition) is 3. The quantitative estimate of drug-likeness (QED) is 0.388. The van der Waals surface area contributed by atoms with Crippen LogP contribution in [0.15, 0.2) is 59.5 Å². The highest BCUT2D eigenvalue weighted by Gasteiger charge is 2.46. The van der Waals surface area contributed by atoms with Crippen LogP contribution in [0, 0.1) is 0 Å². The molecule has 0 radical (unpaired) electrons. The van der Waals surface area contributed by atoms with Crippen LogP contribution >= 0.6 is 0 Å². The van der Waals surface area contributed by atoms with Crippen molar-refractivity contribution in [2.45, 2.75) is 61.3 Å². The van der Waals surface area contributed by atoms with E-state index in [4.69, 9.17) is 4.74 Å². The van der Waals surface area contributed by atoms with Crippen molar-refractivity contribution in [2.24, 2.45) is 0 Å². The van der Waals surface area contributed by atoms with Gasteiger partial charge < -0.3 is 30.3 Å². The molecule has 0 saturated carbocycles. The van der Waals surface area contributed by atoms with Crippen LogP contribution in [-0.2, 0) is 25.8 Å². The molecule has 11 nitrogen and oxygen atoms in total. The number of rotatable bonds is 9. The lowest BCUT2D eigenvalue weighted by Gasteiger charge is -2.38. The molecular formula is C31H42N4O7S. The first-order chi connectivity index (χ1) is 20.3. The zero-order valence-electron chi connectivity index (χ0n) is 25.0. The van der Waals surface area contributed by atoms with Gasteiger partial charge in [-0.2, -0.15) is 0 Å². The van der Waals surface area contributed by atoms with Crippen molar-refractivity contribution >= 4 is 27.8 Å². The first-order valence-electron chi connectivity index (χ1n) is 14.6. The number of carboxylic acid groups (broad SMARTS) is 1. The molecule has 4 rings (SSSR count). The lowest BCUT2D eigenvalue weighted by molar-refractivity contribution is -0.139. The molecule has 2 aliphatic heterocycles. The van der Waals surface area contributed by atoms with Crippen molar-refractivity contribution in [2.75, 3.05) is 45.8 Å². The van der Waals surface area contributed by atoms with Gasteiger partial charge in [-0.15, -0.1) is 0 Å². The first kappa shape index (κ1) is 32.4. The SMILES string of the molecule is CC(C)(C)OC(=O)N1CCN(C(=O)c2ccc(C[C@H](NCC3(S(=O)(=O)c4ccccc4)CCCNC3)C(=O)O)cc2)CC1. The standard InChI is InChI=1S/C31H42N4O7S/c1-30(2,3)42-29(39)35-18-16-34(17-19-35)27(36)24-12-10-23(11-13-24)20-26(28(37)38)33-22-31(14-7-15-32-21-31)43(40,41)25-8-5-4-6-9-25/h4-6,8-13,26,32-33H,7,14-22H2,1-3H3,(H,37,38)/t26-,31?/m0/s1. The van der Waals surface area contributed by atoms with Gasteiger partial charge in [-0.1, -0.05) is 30.3 Å². The number of piperidine rings is 1. The molecule has 0 spiro atoms. The Morgan fingerprint density at radius 1 is 1.00 bits per heavy atom. The fraction of sp³-hybridized carbons (Fsp3) is 0.516. The molecule has 234 valence electrons. The molecule has 2 saturated heterocycles. The van der Waals surface area contributed by atoms with Crippen LogP contribution in [0.4, 0.5) is 4.79 Å². The Morgan fingerprint density at radius 2 is 1.63 bits per heavy atom. The smallest absolute Gasteiger partial charge is 0.410 e. The van der Waals surface area contributed by atoms with E-state index in [0.717, 1.165) is 0 Å². The molecule has 0 aliphatic carbocycles. The number of ether oxygens (including phenoxy) is 1. The van der Waals surface area contributed by atoms with Crippen LogP contribution in [0.2, 0.25) is 0 Å². The number of carbonyl (C=O) groups excluding carboxylic acids is 2. The number of nitrogens with one attached hydrogen (secondary N) is 2. The highest BCUT2D eigenvalue weighted by Crippen LogP contribution is 2.31. The topological polar surface area (TPSA) is 145 Å². The predicted octanol–water partition coefficient (Wildman–Crippen LogP) is 2.56. The Kier molecular flexibility index (Phi) is 10.1. The summed E-state index contributed by atoms with van der Waals surface area (Å²) < 4.78 is 31.6. The average molecular weight is 615 g/mol. The van der Waals surface area contributed by atoms with Crippen LogP contribution in [0.1, 0.15) is 49.5 Å². The van der Waals surface area contributed by atoms with Crippen molar-refractivity contribution in [3.8, 4) is 0 Å². The normalized spacial score (nSPS) is 20.3. The number of sulfone groups is 1. The molecule has 3 N–H and O–H groups in total. The maximum absolute atomic E-state index is 13.7. The second-order valence-electron chi connectivity index (χ2n) is 12.2. The zero-order chi connectivity index (χ0) is 31.3. The molecular weight excluding hydrogens is 572 g/mol. The van der Waals surface area contributed by atoms with Gasteiger partial charge in [-0.05, 0) is 76.4 Å². The molecule has 2 heterocycles. The average Bonchev–Trinajstić information content (AvgIpc) is 2.99. The van der Waals surface area contributed by atoms with E-state index >= 15 is 0 Å². The number of aliphatic carboxylic acids is 1. The van der Waals surface area contributed by atoms with Crippen molar-refractivity contribution in [3.05, 3.63) is 65.7 Å². The van der Waals surface area contributed by atoms with Gasteiger partial charge in [0.05, 0.1) is 4.90 Å². The lowest BCUT2D eigenvalue weighted by atomic mass is 9.97. The molecule has 2 aromatic rings. The van der Waals surface area contributed by atoms with Crippen LogP contribution in [0.3, 0.4) is 0 Å². The molecule has 0 bridgehead atoms. The Balaban J connectivity index is 1.38. The third kappa shape index (κ3) is 7.92. The van der Waals surface area contributed by atoms with Gasteiger partial charge in [0.15, 0.2) is 9.84 Å². The van der Waals surface area contributed by atoms with E-state index in [1.807, 2.05) is 20.8 Å². The molecule has 12 heteroatoms. The summed E-state index contributed by atoms with van der Waals surface area (Å²) >= 11 is 0. The van der Waals surface area contributed by atoms with Crippen molar-refractivity contribution in [3.63, 3.8) is 0 Å². The van der Waals surface area contributed by atoms with Crippen molar-refractivity contribution < 1.29 is 32.6 Å². The third-order valence-electron chi connectivity index (χ3n) is 7.88. The van der Waals surface area contributed by atoms with Gasteiger partial charge in [-0.25, -0.2) is 13.2 Å².